The third-order valence-electron chi connectivity index (χ3n) is 10.6. The third kappa shape index (κ3) is 36.8. The van der Waals surface area contributed by atoms with Crippen molar-refractivity contribution in [1.29, 1.82) is 0 Å². The number of esters is 3. The smallest absolute Gasteiger partial charge is 0.309 e. The number of nitrogens with zero attached hydrogens (tertiary/aromatic N) is 1. The van der Waals surface area contributed by atoms with Gasteiger partial charge in [0.05, 0.1) is 12.5 Å². The second-order valence-electron chi connectivity index (χ2n) is 16.5. The summed E-state index contributed by atoms with van der Waals surface area (Å²) in [4.78, 5) is 40.0. The first-order chi connectivity index (χ1) is 26.8. The summed E-state index contributed by atoms with van der Waals surface area (Å²) in [7, 11) is 4.11. The topological polar surface area (TPSA) is 82.1 Å². The van der Waals surface area contributed by atoms with Crippen LogP contribution in [0.4, 0.5) is 0 Å². The predicted octanol–water partition coefficient (Wildman–Crippen LogP) is 13.4. The van der Waals surface area contributed by atoms with Crippen molar-refractivity contribution >= 4 is 29.7 Å². The van der Waals surface area contributed by atoms with Crippen LogP contribution < -0.4 is 0 Å². The Morgan fingerprint density at radius 3 is 1.38 bits per heavy atom. The van der Waals surface area contributed by atoms with Gasteiger partial charge in [0.25, 0.3) is 0 Å². The van der Waals surface area contributed by atoms with Crippen molar-refractivity contribution in [2.45, 2.75) is 239 Å². The Bertz CT molecular complexity index is 870. The maximum atomic E-state index is 13.0. The molecule has 0 saturated heterocycles. The van der Waals surface area contributed by atoms with E-state index in [1.165, 1.54) is 64.2 Å². The number of hydrogen-bond donors (Lipinski definition) is 0. The minimum absolute atomic E-state index is 0.00309. The minimum Gasteiger partial charge on any atom is -0.465 e. The Morgan fingerprint density at radius 2 is 0.909 bits per heavy atom. The molecular weight excluding hydrogens is 707 g/mol. The molecule has 326 valence electrons. The van der Waals surface area contributed by atoms with Crippen LogP contribution in [-0.4, -0.2) is 73.8 Å². The molecule has 0 amide bonds. The monoisotopic (exact) mass is 798 g/mol. The molecular formula is C47H91NO6S. The molecule has 0 aromatic heterocycles. The van der Waals surface area contributed by atoms with E-state index in [0.717, 1.165) is 140 Å². The molecule has 0 heterocycles. The summed E-state index contributed by atoms with van der Waals surface area (Å²) in [6.07, 6.45) is 33.3. The van der Waals surface area contributed by atoms with Gasteiger partial charge < -0.3 is 19.1 Å². The fourth-order valence-electron chi connectivity index (χ4n) is 6.93. The van der Waals surface area contributed by atoms with E-state index < -0.39 is 0 Å². The Balaban J connectivity index is 4.08. The second kappa shape index (κ2) is 40.9. The molecule has 0 bridgehead atoms. The SMILES string of the molecule is CCCCCCC(CCCC)OC(=O)CCCCCCCCOC(=O)C(CCN(C)C)CSCCCCCCCCC(=O)OC(CCCC)CCCCCC. The number of carbonyl (C=O) groups is 3. The van der Waals surface area contributed by atoms with Crippen LogP contribution in [0, 0.1) is 5.92 Å². The van der Waals surface area contributed by atoms with E-state index in [1.807, 2.05) is 11.8 Å². The molecule has 0 N–H and O–H groups in total. The van der Waals surface area contributed by atoms with Gasteiger partial charge in [0.2, 0.25) is 0 Å². The van der Waals surface area contributed by atoms with Crippen LogP contribution in [0.15, 0.2) is 0 Å². The Hall–Kier alpha value is -1.28. The fraction of sp³-hybridized carbons (Fsp3) is 0.936. The molecule has 0 spiro atoms. The van der Waals surface area contributed by atoms with Gasteiger partial charge >= 0.3 is 17.9 Å². The van der Waals surface area contributed by atoms with Gasteiger partial charge in [-0.15, -0.1) is 0 Å². The Labute approximate surface area is 345 Å². The van der Waals surface area contributed by atoms with Gasteiger partial charge in [0.15, 0.2) is 0 Å². The first-order valence-corrected chi connectivity index (χ1v) is 24.7. The van der Waals surface area contributed by atoms with Gasteiger partial charge in [-0.2, -0.15) is 11.8 Å². The van der Waals surface area contributed by atoms with Crippen LogP contribution in [0.3, 0.4) is 0 Å². The Kier molecular flexibility index (Phi) is 39.9. The average molecular weight is 798 g/mol. The van der Waals surface area contributed by atoms with Gasteiger partial charge in [-0.1, -0.05) is 143 Å². The van der Waals surface area contributed by atoms with E-state index in [2.05, 4.69) is 46.7 Å². The molecule has 0 aromatic rings. The fourth-order valence-corrected chi connectivity index (χ4v) is 8.10. The van der Waals surface area contributed by atoms with E-state index in [9.17, 15) is 14.4 Å². The van der Waals surface area contributed by atoms with E-state index in [0.29, 0.717) is 19.4 Å². The highest BCUT2D eigenvalue weighted by Crippen LogP contribution is 2.20. The number of rotatable bonds is 42. The molecule has 8 heteroatoms. The summed E-state index contributed by atoms with van der Waals surface area (Å²) >= 11 is 1.89. The largest absolute Gasteiger partial charge is 0.465 e. The maximum absolute atomic E-state index is 13.0. The number of hydrogen-bond acceptors (Lipinski definition) is 8. The van der Waals surface area contributed by atoms with Crippen molar-refractivity contribution in [3.8, 4) is 0 Å². The highest BCUT2D eigenvalue weighted by atomic mass is 32.2. The molecule has 0 rings (SSSR count). The van der Waals surface area contributed by atoms with Crippen LogP contribution in [0.5, 0.6) is 0 Å². The zero-order valence-electron chi connectivity index (χ0n) is 37.3. The number of ether oxygens (including phenoxy) is 3. The molecule has 0 aromatic carbocycles. The van der Waals surface area contributed by atoms with Crippen molar-refractivity contribution in [3.63, 3.8) is 0 Å². The lowest BCUT2D eigenvalue weighted by atomic mass is 10.0. The molecule has 0 aliphatic carbocycles. The molecule has 55 heavy (non-hydrogen) atoms. The molecule has 0 fully saturated rings. The van der Waals surface area contributed by atoms with Crippen molar-refractivity contribution in [2.24, 2.45) is 5.92 Å². The van der Waals surface area contributed by atoms with E-state index in [-0.39, 0.29) is 36.0 Å². The maximum Gasteiger partial charge on any atom is 0.309 e. The zero-order valence-corrected chi connectivity index (χ0v) is 38.1. The first kappa shape index (κ1) is 53.7. The van der Waals surface area contributed by atoms with Crippen LogP contribution >= 0.6 is 11.8 Å². The quantitative estimate of drug-likeness (QED) is 0.0343. The van der Waals surface area contributed by atoms with Gasteiger partial charge in [-0.3, -0.25) is 14.4 Å². The minimum atomic E-state index is -0.0530. The van der Waals surface area contributed by atoms with Crippen LogP contribution in [0.2, 0.25) is 0 Å². The standard InChI is InChI=1S/C47H91NO6S/c1-7-11-15-25-33-43(31-13-9-3)53-45(49)35-27-21-17-19-23-29-39-52-47(51)42(37-38-48(5)6)41-55-40-30-24-20-18-22-28-36-46(50)54-44(32-14-10-4)34-26-16-12-8-2/h42-44H,7-41H2,1-6H3. The van der Waals surface area contributed by atoms with Gasteiger partial charge in [0.1, 0.15) is 12.2 Å². The van der Waals surface area contributed by atoms with Crippen molar-refractivity contribution in [1.82, 2.24) is 4.90 Å². The first-order valence-electron chi connectivity index (χ1n) is 23.5. The molecule has 0 aliphatic heterocycles. The number of unbranched alkanes of at least 4 members (excludes halogenated alkanes) is 18. The molecule has 3 atom stereocenters. The summed E-state index contributed by atoms with van der Waals surface area (Å²) < 4.78 is 17.5. The highest BCUT2D eigenvalue weighted by Gasteiger charge is 2.20. The lowest BCUT2D eigenvalue weighted by Crippen LogP contribution is -2.25. The normalized spacial score (nSPS) is 13.1. The lowest BCUT2D eigenvalue weighted by molar-refractivity contribution is -0.151. The average Bonchev–Trinajstić information content (AvgIpc) is 3.16. The lowest BCUT2D eigenvalue weighted by Gasteiger charge is -2.18. The van der Waals surface area contributed by atoms with Crippen LogP contribution in [0.25, 0.3) is 0 Å². The highest BCUT2D eigenvalue weighted by molar-refractivity contribution is 7.99. The van der Waals surface area contributed by atoms with Crippen molar-refractivity contribution < 1.29 is 28.6 Å². The van der Waals surface area contributed by atoms with E-state index in [4.69, 9.17) is 14.2 Å². The molecule has 3 unspecified atom stereocenters. The molecule has 7 nitrogen and oxygen atoms in total. The van der Waals surface area contributed by atoms with Gasteiger partial charge in [-0.25, -0.2) is 0 Å². The molecule has 0 radical (unpaired) electrons. The van der Waals surface area contributed by atoms with E-state index >= 15 is 0 Å². The summed E-state index contributed by atoms with van der Waals surface area (Å²) in [5.74, 6) is 1.78. The number of carbonyl (C=O) groups excluding carboxylic acids is 3. The summed E-state index contributed by atoms with van der Waals surface area (Å²) in [6, 6.07) is 0. The van der Waals surface area contributed by atoms with Crippen molar-refractivity contribution in [2.75, 3.05) is 38.8 Å². The molecule has 0 aliphatic rings. The van der Waals surface area contributed by atoms with Crippen molar-refractivity contribution in [3.05, 3.63) is 0 Å². The van der Waals surface area contributed by atoms with Gasteiger partial charge in [0, 0.05) is 18.6 Å². The molecule has 0 saturated carbocycles. The van der Waals surface area contributed by atoms with E-state index in [1.54, 1.807) is 0 Å². The number of thioether (sulfide) groups is 1. The van der Waals surface area contributed by atoms with Gasteiger partial charge in [-0.05, 0) is 97.0 Å². The van der Waals surface area contributed by atoms with Crippen LogP contribution in [0.1, 0.15) is 227 Å². The summed E-state index contributed by atoms with van der Waals surface area (Å²) in [5, 5.41) is 0. The third-order valence-corrected chi connectivity index (χ3v) is 11.8. The second-order valence-corrected chi connectivity index (χ2v) is 17.6. The Morgan fingerprint density at radius 1 is 0.491 bits per heavy atom. The summed E-state index contributed by atoms with van der Waals surface area (Å²) in [5.41, 5.74) is 0. The summed E-state index contributed by atoms with van der Waals surface area (Å²) in [6.45, 7) is 10.2. The predicted molar refractivity (Wildman–Crippen MR) is 236 cm³/mol. The zero-order chi connectivity index (χ0) is 40.6. The van der Waals surface area contributed by atoms with Crippen LogP contribution in [-0.2, 0) is 28.6 Å².